The molecule has 3 heteroatoms. The molecule has 0 aliphatic carbocycles. The highest BCUT2D eigenvalue weighted by molar-refractivity contribution is 5.59. The molecule has 0 aliphatic heterocycles. The van der Waals surface area contributed by atoms with Crippen molar-refractivity contribution in [2.45, 2.75) is 19.4 Å². The summed E-state index contributed by atoms with van der Waals surface area (Å²) in [5, 5.41) is 0. The quantitative estimate of drug-likeness (QED) is 0.625. The Bertz CT molecular complexity index is 475. The topological polar surface area (TPSA) is 50.9 Å². The van der Waals surface area contributed by atoms with E-state index in [4.69, 9.17) is 5.84 Å². The smallest absolute Gasteiger partial charge is 0.0701 e. The van der Waals surface area contributed by atoms with Crippen LogP contribution in [-0.2, 0) is 5.54 Å². The number of hydrazine groups is 1. The van der Waals surface area contributed by atoms with Gasteiger partial charge in [-0.1, -0.05) is 30.3 Å². The van der Waals surface area contributed by atoms with E-state index in [9.17, 15) is 0 Å². The predicted molar refractivity (Wildman–Crippen MR) is 70.0 cm³/mol. The van der Waals surface area contributed by atoms with Crippen LogP contribution >= 0.6 is 0 Å². The number of nitrogens with one attached hydrogen (secondary N) is 1. The van der Waals surface area contributed by atoms with Crippen molar-refractivity contribution in [1.82, 2.24) is 10.4 Å². The average molecular weight is 227 g/mol. The lowest BCUT2D eigenvalue weighted by Gasteiger charge is -2.24. The molecular formula is C14H17N3. The van der Waals surface area contributed by atoms with Gasteiger partial charge >= 0.3 is 0 Å². The summed E-state index contributed by atoms with van der Waals surface area (Å²) in [6, 6.07) is 14.2. The van der Waals surface area contributed by atoms with E-state index in [0.717, 1.165) is 16.8 Å². The summed E-state index contributed by atoms with van der Waals surface area (Å²) in [4.78, 5) is 4.32. The molecule has 0 aliphatic rings. The summed E-state index contributed by atoms with van der Waals surface area (Å²) < 4.78 is 0. The summed E-state index contributed by atoms with van der Waals surface area (Å²) in [7, 11) is 0. The maximum absolute atomic E-state index is 5.53. The number of hydrogen-bond acceptors (Lipinski definition) is 3. The third kappa shape index (κ3) is 2.52. The van der Waals surface area contributed by atoms with Crippen molar-refractivity contribution in [2.24, 2.45) is 5.84 Å². The van der Waals surface area contributed by atoms with Gasteiger partial charge in [0.2, 0.25) is 0 Å². The number of hydrogen-bond donors (Lipinski definition) is 2. The van der Waals surface area contributed by atoms with Gasteiger partial charge in [-0.25, -0.2) is 0 Å². The molecule has 0 spiro atoms. The number of aromatic nitrogens is 1. The van der Waals surface area contributed by atoms with Crippen molar-refractivity contribution in [2.75, 3.05) is 0 Å². The van der Waals surface area contributed by atoms with Crippen LogP contribution in [0.4, 0.5) is 0 Å². The van der Waals surface area contributed by atoms with Gasteiger partial charge < -0.3 is 0 Å². The van der Waals surface area contributed by atoms with Gasteiger partial charge in [0.05, 0.1) is 11.2 Å². The monoisotopic (exact) mass is 227 g/mol. The fourth-order valence-electron chi connectivity index (χ4n) is 1.67. The normalized spacial score (nSPS) is 11.5. The maximum Gasteiger partial charge on any atom is 0.0701 e. The van der Waals surface area contributed by atoms with E-state index in [2.05, 4.69) is 34.7 Å². The molecular weight excluding hydrogens is 210 g/mol. The minimum atomic E-state index is -0.220. The molecule has 1 aromatic heterocycles. The third-order valence-corrected chi connectivity index (χ3v) is 2.93. The van der Waals surface area contributed by atoms with Crippen LogP contribution in [0.3, 0.4) is 0 Å². The summed E-state index contributed by atoms with van der Waals surface area (Å²) in [5.74, 6) is 5.53. The van der Waals surface area contributed by atoms with Crippen molar-refractivity contribution in [3.05, 3.63) is 54.2 Å². The zero-order valence-corrected chi connectivity index (χ0v) is 10.1. The lowest BCUT2D eigenvalue weighted by Crippen LogP contribution is -2.41. The van der Waals surface area contributed by atoms with Gasteiger partial charge in [-0.2, -0.15) is 0 Å². The van der Waals surface area contributed by atoms with Crippen LogP contribution in [0, 0.1) is 0 Å². The molecule has 1 aromatic carbocycles. The summed E-state index contributed by atoms with van der Waals surface area (Å²) in [6.45, 7) is 4.09. The summed E-state index contributed by atoms with van der Waals surface area (Å²) in [5.41, 5.74) is 5.83. The Morgan fingerprint density at radius 1 is 1.06 bits per heavy atom. The van der Waals surface area contributed by atoms with E-state index in [0.29, 0.717) is 0 Å². The third-order valence-electron chi connectivity index (χ3n) is 2.93. The Balaban J connectivity index is 2.31. The molecule has 0 saturated heterocycles. The van der Waals surface area contributed by atoms with E-state index in [1.54, 1.807) is 6.20 Å². The van der Waals surface area contributed by atoms with Crippen molar-refractivity contribution >= 4 is 0 Å². The summed E-state index contributed by atoms with van der Waals surface area (Å²) in [6.07, 6.45) is 1.80. The second-order valence-electron chi connectivity index (χ2n) is 4.56. The zero-order chi connectivity index (χ0) is 12.3. The molecule has 0 bridgehead atoms. The van der Waals surface area contributed by atoms with E-state index >= 15 is 0 Å². The van der Waals surface area contributed by atoms with Crippen LogP contribution in [0.2, 0.25) is 0 Å². The Morgan fingerprint density at radius 3 is 2.29 bits per heavy atom. The highest BCUT2D eigenvalue weighted by atomic mass is 15.3. The van der Waals surface area contributed by atoms with Gasteiger partial charge in [-0.15, -0.1) is 0 Å². The molecule has 0 amide bonds. The first-order valence-electron chi connectivity index (χ1n) is 5.63. The summed E-state index contributed by atoms with van der Waals surface area (Å²) >= 11 is 0. The van der Waals surface area contributed by atoms with Gasteiger partial charge in [0, 0.05) is 11.8 Å². The van der Waals surface area contributed by atoms with Gasteiger partial charge in [-0.05, 0) is 31.5 Å². The first-order valence-corrected chi connectivity index (χ1v) is 5.63. The molecule has 0 fully saturated rings. The van der Waals surface area contributed by atoms with Crippen molar-refractivity contribution < 1.29 is 0 Å². The maximum atomic E-state index is 5.53. The Kier molecular flexibility index (Phi) is 3.22. The van der Waals surface area contributed by atoms with Crippen molar-refractivity contribution in [3.63, 3.8) is 0 Å². The molecule has 0 atom stereocenters. The lowest BCUT2D eigenvalue weighted by molar-refractivity contribution is 0.415. The zero-order valence-electron chi connectivity index (χ0n) is 10.1. The first-order chi connectivity index (χ1) is 8.13. The Hall–Kier alpha value is -1.71. The molecule has 0 radical (unpaired) electrons. The van der Waals surface area contributed by atoms with E-state index < -0.39 is 0 Å². The largest absolute Gasteiger partial charge is 0.271 e. The van der Waals surface area contributed by atoms with Crippen LogP contribution in [-0.4, -0.2) is 4.98 Å². The average Bonchev–Trinajstić information content (AvgIpc) is 2.40. The Labute approximate surface area is 102 Å². The van der Waals surface area contributed by atoms with E-state index in [1.807, 2.05) is 32.0 Å². The number of nitrogens with zero attached hydrogens (tertiary/aromatic N) is 1. The molecule has 2 rings (SSSR count). The molecule has 17 heavy (non-hydrogen) atoms. The van der Waals surface area contributed by atoms with Gasteiger partial charge in [-0.3, -0.25) is 16.3 Å². The number of rotatable bonds is 3. The second kappa shape index (κ2) is 4.65. The van der Waals surface area contributed by atoms with Crippen LogP contribution in [0.25, 0.3) is 11.3 Å². The molecule has 88 valence electrons. The van der Waals surface area contributed by atoms with Gasteiger partial charge in [0.25, 0.3) is 0 Å². The van der Waals surface area contributed by atoms with Crippen LogP contribution in [0.1, 0.15) is 19.4 Å². The second-order valence-corrected chi connectivity index (χ2v) is 4.56. The van der Waals surface area contributed by atoms with Crippen LogP contribution in [0.5, 0.6) is 0 Å². The highest BCUT2D eigenvalue weighted by Crippen LogP contribution is 2.23. The molecule has 0 saturated carbocycles. The van der Waals surface area contributed by atoms with Gasteiger partial charge in [0.1, 0.15) is 0 Å². The lowest BCUT2D eigenvalue weighted by atomic mass is 9.94. The minimum Gasteiger partial charge on any atom is -0.271 e. The SMILES string of the molecule is CC(C)(NN)c1ccc(-c2ccccn2)cc1. The number of nitrogens with two attached hydrogens (primary N) is 1. The predicted octanol–water partition coefficient (Wildman–Crippen LogP) is 2.45. The number of benzene rings is 1. The highest BCUT2D eigenvalue weighted by Gasteiger charge is 2.17. The van der Waals surface area contributed by atoms with E-state index in [1.165, 1.54) is 0 Å². The Morgan fingerprint density at radius 2 is 1.76 bits per heavy atom. The van der Waals surface area contributed by atoms with Crippen LogP contribution in [0.15, 0.2) is 48.7 Å². The molecule has 2 aromatic rings. The standard InChI is InChI=1S/C14H17N3/c1-14(2,17-15)12-8-6-11(7-9-12)13-5-3-4-10-16-13/h3-10,17H,15H2,1-2H3. The van der Waals surface area contributed by atoms with Crippen molar-refractivity contribution in [1.29, 1.82) is 0 Å². The molecule has 0 unspecified atom stereocenters. The first kappa shape index (κ1) is 11.8. The molecule has 1 heterocycles. The van der Waals surface area contributed by atoms with Crippen LogP contribution < -0.4 is 11.3 Å². The number of pyridine rings is 1. The van der Waals surface area contributed by atoms with Crippen molar-refractivity contribution in [3.8, 4) is 11.3 Å². The fraction of sp³-hybridized carbons (Fsp3) is 0.214. The molecule has 3 nitrogen and oxygen atoms in total. The minimum absolute atomic E-state index is 0.220. The van der Waals surface area contributed by atoms with Gasteiger partial charge in [0.15, 0.2) is 0 Å². The fourth-order valence-corrected chi connectivity index (χ4v) is 1.67. The van der Waals surface area contributed by atoms with E-state index in [-0.39, 0.29) is 5.54 Å². The molecule has 3 N–H and O–H groups in total.